The van der Waals surface area contributed by atoms with Crippen LogP contribution in [-0.4, -0.2) is 43.1 Å². The van der Waals surface area contributed by atoms with Gasteiger partial charge >= 0.3 is 6.03 Å². The lowest BCUT2D eigenvalue weighted by Gasteiger charge is -2.27. The summed E-state index contributed by atoms with van der Waals surface area (Å²) in [6.07, 6.45) is 0. The van der Waals surface area contributed by atoms with Crippen LogP contribution in [0.5, 0.6) is 11.5 Å². The zero-order chi connectivity index (χ0) is 15.7. The molecule has 2 aliphatic rings. The number of carbonyl (C=O) groups is 3. The maximum atomic E-state index is 12.1. The highest BCUT2D eigenvalue weighted by Crippen LogP contribution is 2.32. The molecular formula is C14H15N3O5. The largest absolute Gasteiger partial charge is 0.454 e. The van der Waals surface area contributed by atoms with E-state index in [0.29, 0.717) is 11.5 Å². The topological polar surface area (TPSA) is 97.0 Å². The summed E-state index contributed by atoms with van der Waals surface area (Å²) in [5.41, 5.74) is 0.832. The lowest BCUT2D eigenvalue weighted by molar-refractivity contribution is -0.140. The Bertz CT molecular complexity index is 645. The SMILES string of the molecule is CN1C(=O)NCC(C(=O)NCc2ccc3c(c2)OCO3)C1=O. The summed E-state index contributed by atoms with van der Waals surface area (Å²) in [6, 6.07) is 4.86. The lowest BCUT2D eigenvalue weighted by Crippen LogP contribution is -2.56. The second kappa shape index (κ2) is 5.55. The summed E-state index contributed by atoms with van der Waals surface area (Å²) >= 11 is 0. The number of carbonyl (C=O) groups excluding carboxylic acids is 3. The van der Waals surface area contributed by atoms with E-state index in [1.807, 2.05) is 6.07 Å². The average Bonchev–Trinajstić information content (AvgIpc) is 2.98. The second-order valence-electron chi connectivity index (χ2n) is 5.04. The highest BCUT2D eigenvalue weighted by Gasteiger charge is 2.36. The van der Waals surface area contributed by atoms with E-state index >= 15 is 0 Å². The molecule has 0 aliphatic carbocycles. The average molecular weight is 305 g/mol. The summed E-state index contributed by atoms with van der Waals surface area (Å²) in [6.45, 7) is 0.458. The van der Waals surface area contributed by atoms with E-state index in [-0.39, 0.29) is 19.9 Å². The summed E-state index contributed by atoms with van der Waals surface area (Å²) < 4.78 is 10.5. The molecule has 0 saturated carbocycles. The minimum absolute atomic E-state index is 0.00891. The number of fused-ring (bicyclic) bond motifs is 1. The Hall–Kier alpha value is -2.77. The van der Waals surface area contributed by atoms with Gasteiger partial charge in [0.05, 0.1) is 0 Å². The fourth-order valence-corrected chi connectivity index (χ4v) is 2.30. The molecule has 1 fully saturated rings. The Kier molecular flexibility index (Phi) is 3.58. The lowest BCUT2D eigenvalue weighted by atomic mass is 10.1. The fraction of sp³-hybridized carbons (Fsp3) is 0.357. The molecule has 22 heavy (non-hydrogen) atoms. The molecule has 1 unspecified atom stereocenters. The van der Waals surface area contributed by atoms with E-state index in [1.165, 1.54) is 7.05 Å². The molecule has 8 nitrogen and oxygen atoms in total. The van der Waals surface area contributed by atoms with Crippen LogP contribution in [0, 0.1) is 5.92 Å². The van der Waals surface area contributed by atoms with Crippen molar-refractivity contribution in [3.63, 3.8) is 0 Å². The summed E-state index contributed by atoms with van der Waals surface area (Å²) in [5.74, 6) is -0.535. The quantitative estimate of drug-likeness (QED) is 0.756. The molecule has 0 aromatic heterocycles. The van der Waals surface area contributed by atoms with Gasteiger partial charge in [0, 0.05) is 20.1 Å². The number of benzene rings is 1. The van der Waals surface area contributed by atoms with Gasteiger partial charge < -0.3 is 20.1 Å². The summed E-state index contributed by atoms with van der Waals surface area (Å²) in [5, 5.41) is 5.19. The maximum absolute atomic E-state index is 12.1. The molecule has 2 N–H and O–H groups in total. The van der Waals surface area contributed by atoms with Gasteiger partial charge in [0.1, 0.15) is 5.92 Å². The monoisotopic (exact) mass is 305 g/mol. The smallest absolute Gasteiger partial charge is 0.323 e. The van der Waals surface area contributed by atoms with Crippen LogP contribution in [0.2, 0.25) is 0 Å². The molecule has 2 aliphatic heterocycles. The number of nitrogens with one attached hydrogen (secondary N) is 2. The molecule has 3 rings (SSSR count). The van der Waals surface area contributed by atoms with Gasteiger partial charge in [0.2, 0.25) is 18.6 Å². The molecule has 1 aromatic carbocycles. The Morgan fingerprint density at radius 1 is 1.36 bits per heavy atom. The van der Waals surface area contributed by atoms with Crippen molar-refractivity contribution < 1.29 is 23.9 Å². The van der Waals surface area contributed by atoms with Crippen LogP contribution in [0.4, 0.5) is 4.79 Å². The first-order valence-electron chi connectivity index (χ1n) is 6.78. The molecule has 8 heteroatoms. The minimum atomic E-state index is -0.906. The van der Waals surface area contributed by atoms with E-state index in [9.17, 15) is 14.4 Å². The van der Waals surface area contributed by atoms with Crippen LogP contribution in [0.1, 0.15) is 5.56 Å². The Labute approximate surface area is 126 Å². The molecule has 2 heterocycles. The molecule has 0 bridgehead atoms. The predicted octanol–water partition coefficient (Wildman–Crippen LogP) is -0.171. The highest BCUT2D eigenvalue weighted by atomic mass is 16.7. The van der Waals surface area contributed by atoms with Gasteiger partial charge in [-0.3, -0.25) is 14.5 Å². The van der Waals surface area contributed by atoms with E-state index in [0.717, 1.165) is 10.5 Å². The highest BCUT2D eigenvalue weighted by molar-refractivity contribution is 6.08. The molecule has 1 atom stereocenters. The second-order valence-corrected chi connectivity index (χ2v) is 5.04. The zero-order valence-electron chi connectivity index (χ0n) is 11.9. The van der Waals surface area contributed by atoms with Crippen molar-refractivity contribution in [1.82, 2.24) is 15.5 Å². The third kappa shape index (κ3) is 2.54. The Balaban J connectivity index is 1.60. The Morgan fingerprint density at radius 3 is 2.95 bits per heavy atom. The van der Waals surface area contributed by atoms with Crippen LogP contribution < -0.4 is 20.1 Å². The third-order valence-electron chi connectivity index (χ3n) is 3.61. The third-order valence-corrected chi connectivity index (χ3v) is 3.61. The maximum Gasteiger partial charge on any atom is 0.323 e. The number of hydrogen-bond acceptors (Lipinski definition) is 5. The summed E-state index contributed by atoms with van der Waals surface area (Å²) in [4.78, 5) is 36.2. The number of nitrogens with zero attached hydrogens (tertiary/aromatic N) is 1. The molecule has 1 saturated heterocycles. The molecule has 4 amide bonds. The predicted molar refractivity (Wildman–Crippen MR) is 74.1 cm³/mol. The minimum Gasteiger partial charge on any atom is -0.454 e. The van der Waals surface area contributed by atoms with E-state index < -0.39 is 23.8 Å². The van der Waals surface area contributed by atoms with Crippen LogP contribution in [0.3, 0.4) is 0 Å². The van der Waals surface area contributed by atoms with Crippen molar-refractivity contribution >= 4 is 17.8 Å². The van der Waals surface area contributed by atoms with Crippen LogP contribution in [-0.2, 0) is 16.1 Å². The van der Waals surface area contributed by atoms with Gasteiger partial charge in [-0.2, -0.15) is 0 Å². The first kappa shape index (κ1) is 14.2. The molecule has 0 radical (unpaired) electrons. The number of ether oxygens (including phenoxy) is 2. The zero-order valence-corrected chi connectivity index (χ0v) is 11.9. The fourth-order valence-electron chi connectivity index (χ4n) is 2.30. The number of amides is 4. The van der Waals surface area contributed by atoms with Crippen molar-refractivity contribution in [2.45, 2.75) is 6.54 Å². The van der Waals surface area contributed by atoms with Crippen molar-refractivity contribution in [2.75, 3.05) is 20.4 Å². The number of urea groups is 1. The van der Waals surface area contributed by atoms with Gasteiger partial charge in [-0.15, -0.1) is 0 Å². The van der Waals surface area contributed by atoms with Crippen LogP contribution in [0.25, 0.3) is 0 Å². The van der Waals surface area contributed by atoms with Gasteiger partial charge in [0.15, 0.2) is 11.5 Å². The van der Waals surface area contributed by atoms with Gasteiger partial charge in [-0.1, -0.05) is 6.07 Å². The van der Waals surface area contributed by atoms with E-state index in [1.54, 1.807) is 12.1 Å². The van der Waals surface area contributed by atoms with Crippen LogP contribution >= 0.6 is 0 Å². The van der Waals surface area contributed by atoms with Crippen LogP contribution in [0.15, 0.2) is 18.2 Å². The number of rotatable bonds is 3. The van der Waals surface area contributed by atoms with Crippen molar-refractivity contribution in [2.24, 2.45) is 5.92 Å². The standard InChI is InChI=1S/C14H15N3O5/c1-17-13(19)9(6-16-14(17)20)12(18)15-5-8-2-3-10-11(4-8)22-7-21-10/h2-4,9H,5-7H2,1H3,(H,15,18)(H,16,20). The number of hydrogen-bond donors (Lipinski definition) is 2. The first-order valence-corrected chi connectivity index (χ1v) is 6.78. The summed E-state index contributed by atoms with van der Waals surface area (Å²) in [7, 11) is 1.34. The van der Waals surface area contributed by atoms with E-state index in [2.05, 4.69) is 10.6 Å². The molecule has 0 spiro atoms. The van der Waals surface area contributed by atoms with Crippen molar-refractivity contribution in [3.8, 4) is 11.5 Å². The van der Waals surface area contributed by atoms with Crippen molar-refractivity contribution in [1.29, 1.82) is 0 Å². The van der Waals surface area contributed by atoms with Gasteiger partial charge in [0.25, 0.3) is 0 Å². The first-order chi connectivity index (χ1) is 10.6. The van der Waals surface area contributed by atoms with E-state index in [4.69, 9.17) is 9.47 Å². The van der Waals surface area contributed by atoms with Gasteiger partial charge in [-0.05, 0) is 17.7 Å². The molecule has 116 valence electrons. The Morgan fingerprint density at radius 2 is 2.14 bits per heavy atom. The molecular weight excluding hydrogens is 290 g/mol. The molecule has 1 aromatic rings. The van der Waals surface area contributed by atoms with Crippen molar-refractivity contribution in [3.05, 3.63) is 23.8 Å². The normalized spacial score (nSPS) is 19.9. The van der Waals surface area contributed by atoms with Gasteiger partial charge in [-0.25, -0.2) is 4.79 Å². The number of imide groups is 1.